The average Bonchev–Trinajstić information content (AvgIpc) is 2.83. The third kappa shape index (κ3) is 2.38. The van der Waals surface area contributed by atoms with Crippen LogP contribution in [0, 0.1) is 0 Å². The molecule has 0 spiro atoms. The molecular weight excluding hydrogens is 308 g/mol. The van der Waals surface area contributed by atoms with Crippen LogP contribution in [0.1, 0.15) is 21.6 Å². The van der Waals surface area contributed by atoms with E-state index in [-0.39, 0.29) is 11.7 Å². The first kappa shape index (κ1) is 12.3. The lowest BCUT2D eigenvalue weighted by Crippen LogP contribution is -2.36. The zero-order valence-electron chi connectivity index (χ0n) is 10.2. The Morgan fingerprint density at radius 2 is 2.16 bits per heavy atom. The number of phenols is 1. The van der Waals surface area contributed by atoms with E-state index in [4.69, 9.17) is 0 Å². The maximum absolute atomic E-state index is 12.3. The van der Waals surface area contributed by atoms with Gasteiger partial charge in [0.25, 0.3) is 5.91 Å². The minimum atomic E-state index is -0.0142. The third-order valence-electron chi connectivity index (χ3n) is 3.37. The topological polar surface area (TPSA) is 56.3 Å². The fourth-order valence-electron chi connectivity index (χ4n) is 2.38. The van der Waals surface area contributed by atoms with Crippen molar-refractivity contribution in [2.75, 3.05) is 6.54 Å². The first-order valence-electron chi connectivity index (χ1n) is 6.07. The number of amides is 1. The number of aromatic amines is 1. The molecule has 2 N–H and O–H groups in total. The van der Waals surface area contributed by atoms with Crippen LogP contribution in [-0.2, 0) is 13.0 Å². The zero-order valence-corrected chi connectivity index (χ0v) is 11.8. The van der Waals surface area contributed by atoms with Gasteiger partial charge in [-0.1, -0.05) is 6.07 Å². The molecule has 0 saturated carbocycles. The summed E-state index contributed by atoms with van der Waals surface area (Å²) in [4.78, 5) is 17.1. The van der Waals surface area contributed by atoms with Gasteiger partial charge in [-0.05, 0) is 51.7 Å². The lowest BCUT2D eigenvalue weighted by molar-refractivity contribution is 0.0729. The highest BCUT2D eigenvalue weighted by molar-refractivity contribution is 9.10. The van der Waals surface area contributed by atoms with Gasteiger partial charge in [0.1, 0.15) is 11.4 Å². The van der Waals surface area contributed by atoms with Gasteiger partial charge in [0, 0.05) is 23.8 Å². The Balaban J connectivity index is 1.83. The van der Waals surface area contributed by atoms with Crippen LogP contribution in [0.25, 0.3) is 0 Å². The van der Waals surface area contributed by atoms with E-state index in [0.29, 0.717) is 18.8 Å². The first-order chi connectivity index (χ1) is 9.13. The van der Waals surface area contributed by atoms with Gasteiger partial charge in [-0.15, -0.1) is 0 Å². The highest BCUT2D eigenvalue weighted by Gasteiger charge is 2.22. The van der Waals surface area contributed by atoms with Gasteiger partial charge < -0.3 is 15.0 Å². The molecule has 1 aliphatic rings. The number of hydrogen-bond acceptors (Lipinski definition) is 2. The molecule has 2 aromatic rings. The van der Waals surface area contributed by atoms with Crippen LogP contribution in [0.2, 0.25) is 0 Å². The van der Waals surface area contributed by atoms with Gasteiger partial charge in [-0.3, -0.25) is 4.79 Å². The molecule has 3 rings (SSSR count). The molecule has 0 bridgehead atoms. The molecule has 19 heavy (non-hydrogen) atoms. The van der Waals surface area contributed by atoms with Crippen molar-refractivity contribution in [1.29, 1.82) is 0 Å². The minimum absolute atomic E-state index is 0.0142. The Labute approximate surface area is 119 Å². The van der Waals surface area contributed by atoms with E-state index in [0.717, 1.165) is 16.5 Å². The standard InChI is InChI=1S/C14H13BrN2O2/c15-11-6-13(16-7-11)14(19)17-4-3-9-1-2-12(18)5-10(9)8-17/h1-2,5-7,16,18H,3-4,8H2. The summed E-state index contributed by atoms with van der Waals surface area (Å²) in [6.45, 7) is 1.24. The van der Waals surface area contributed by atoms with Crippen molar-refractivity contribution in [2.24, 2.45) is 0 Å². The molecule has 0 fully saturated rings. The number of nitrogens with zero attached hydrogens (tertiary/aromatic N) is 1. The average molecular weight is 321 g/mol. The van der Waals surface area contributed by atoms with Gasteiger partial charge in [0.05, 0.1) is 0 Å². The molecular formula is C14H13BrN2O2. The number of hydrogen-bond donors (Lipinski definition) is 2. The first-order valence-corrected chi connectivity index (χ1v) is 6.87. The fraction of sp³-hybridized carbons (Fsp3) is 0.214. The second kappa shape index (κ2) is 4.74. The number of benzene rings is 1. The number of nitrogens with one attached hydrogen (secondary N) is 1. The van der Waals surface area contributed by atoms with Crippen LogP contribution in [0.3, 0.4) is 0 Å². The van der Waals surface area contributed by atoms with Gasteiger partial charge in [-0.2, -0.15) is 0 Å². The van der Waals surface area contributed by atoms with E-state index in [1.54, 1.807) is 29.3 Å². The van der Waals surface area contributed by atoms with Gasteiger partial charge in [-0.25, -0.2) is 0 Å². The molecule has 0 atom stereocenters. The van der Waals surface area contributed by atoms with Crippen LogP contribution in [0.4, 0.5) is 0 Å². The highest BCUT2D eigenvalue weighted by atomic mass is 79.9. The molecule has 1 amide bonds. The van der Waals surface area contributed by atoms with Gasteiger partial charge in [0.15, 0.2) is 0 Å². The Morgan fingerprint density at radius 3 is 2.89 bits per heavy atom. The number of carbonyl (C=O) groups is 1. The number of aromatic nitrogens is 1. The summed E-state index contributed by atoms with van der Waals surface area (Å²) in [5.41, 5.74) is 2.80. The monoisotopic (exact) mass is 320 g/mol. The van der Waals surface area contributed by atoms with E-state index in [1.165, 1.54) is 5.56 Å². The number of carbonyl (C=O) groups excluding carboxylic acids is 1. The summed E-state index contributed by atoms with van der Waals surface area (Å²) in [5.74, 6) is 0.232. The molecule has 5 heteroatoms. The predicted molar refractivity (Wildman–Crippen MR) is 75.0 cm³/mol. The molecule has 0 unspecified atom stereocenters. The van der Waals surface area contributed by atoms with Crippen molar-refractivity contribution in [3.63, 3.8) is 0 Å². The molecule has 98 valence electrons. The molecule has 1 aliphatic heterocycles. The van der Waals surface area contributed by atoms with Crippen LogP contribution in [0.15, 0.2) is 34.9 Å². The zero-order chi connectivity index (χ0) is 13.4. The smallest absolute Gasteiger partial charge is 0.270 e. The lowest BCUT2D eigenvalue weighted by atomic mass is 9.99. The molecule has 4 nitrogen and oxygen atoms in total. The number of aromatic hydroxyl groups is 1. The minimum Gasteiger partial charge on any atom is -0.508 e. The van der Waals surface area contributed by atoms with Crippen molar-refractivity contribution >= 4 is 21.8 Å². The number of phenolic OH excluding ortho intramolecular Hbond substituents is 1. The second-order valence-electron chi connectivity index (χ2n) is 4.66. The molecule has 0 saturated heterocycles. The maximum atomic E-state index is 12.3. The maximum Gasteiger partial charge on any atom is 0.270 e. The third-order valence-corrected chi connectivity index (χ3v) is 3.83. The van der Waals surface area contributed by atoms with E-state index < -0.39 is 0 Å². The van der Waals surface area contributed by atoms with Gasteiger partial charge >= 0.3 is 0 Å². The van der Waals surface area contributed by atoms with E-state index >= 15 is 0 Å². The van der Waals surface area contributed by atoms with Crippen LogP contribution in [0.5, 0.6) is 5.75 Å². The molecule has 0 aliphatic carbocycles. The molecule has 0 radical (unpaired) electrons. The molecule has 1 aromatic carbocycles. The van der Waals surface area contributed by atoms with Crippen LogP contribution in [-0.4, -0.2) is 27.4 Å². The number of H-pyrrole nitrogens is 1. The Bertz CT molecular complexity index is 636. The quantitative estimate of drug-likeness (QED) is 0.848. The Kier molecular flexibility index (Phi) is 3.06. The fourth-order valence-corrected chi connectivity index (χ4v) is 2.72. The van der Waals surface area contributed by atoms with Crippen molar-refractivity contribution in [3.05, 3.63) is 51.8 Å². The Morgan fingerprint density at radius 1 is 1.32 bits per heavy atom. The van der Waals surface area contributed by atoms with E-state index in [1.807, 2.05) is 6.07 Å². The van der Waals surface area contributed by atoms with E-state index in [2.05, 4.69) is 20.9 Å². The van der Waals surface area contributed by atoms with Gasteiger partial charge in [0.2, 0.25) is 0 Å². The lowest BCUT2D eigenvalue weighted by Gasteiger charge is -2.28. The summed E-state index contributed by atoms with van der Waals surface area (Å²) >= 11 is 3.32. The summed E-state index contributed by atoms with van der Waals surface area (Å²) in [6.07, 6.45) is 2.57. The number of rotatable bonds is 1. The molecule has 2 heterocycles. The van der Waals surface area contributed by atoms with Crippen LogP contribution >= 0.6 is 15.9 Å². The van der Waals surface area contributed by atoms with Crippen LogP contribution < -0.4 is 0 Å². The van der Waals surface area contributed by atoms with Crippen molar-refractivity contribution in [3.8, 4) is 5.75 Å². The van der Waals surface area contributed by atoms with Crippen molar-refractivity contribution in [2.45, 2.75) is 13.0 Å². The second-order valence-corrected chi connectivity index (χ2v) is 5.58. The highest BCUT2D eigenvalue weighted by Crippen LogP contribution is 2.24. The van der Waals surface area contributed by atoms with Crippen molar-refractivity contribution < 1.29 is 9.90 Å². The Hall–Kier alpha value is -1.75. The normalized spacial score (nSPS) is 14.3. The summed E-state index contributed by atoms with van der Waals surface area (Å²) in [5, 5.41) is 9.52. The molecule has 1 aromatic heterocycles. The largest absolute Gasteiger partial charge is 0.508 e. The summed E-state index contributed by atoms with van der Waals surface area (Å²) in [6, 6.07) is 7.13. The number of fused-ring (bicyclic) bond motifs is 1. The summed E-state index contributed by atoms with van der Waals surface area (Å²) < 4.78 is 0.867. The van der Waals surface area contributed by atoms with Crippen molar-refractivity contribution in [1.82, 2.24) is 9.88 Å². The summed E-state index contributed by atoms with van der Waals surface area (Å²) in [7, 11) is 0. The predicted octanol–water partition coefficient (Wildman–Crippen LogP) is 2.68. The van der Waals surface area contributed by atoms with E-state index in [9.17, 15) is 9.90 Å². The number of halogens is 1. The SMILES string of the molecule is O=C(c1cc(Br)c[nH]1)N1CCc2ccc(O)cc2C1.